The van der Waals surface area contributed by atoms with Crippen LogP contribution < -0.4 is 51.4 Å². The molecule has 0 aliphatic heterocycles. The van der Waals surface area contributed by atoms with Gasteiger partial charge in [-0.15, -0.1) is 0 Å². The van der Waals surface area contributed by atoms with Gasteiger partial charge in [0.1, 0.15) is 12.4 Å². The predicted molar refractivity (Wildman–Crippen MR) is 111 cm³/mol. The molecular formula is C21H26F4KN3O2. The molecule has 0 amide bonds. The number of rotatable bonds is 5. The van der Waals surface area contributed by atoms with Crippen molar-refractivity contribution in [3.05, 3.63) is 75.3 Å². The van der Waals surface area contributed by atoms with E-state index in [-0.39, 0.29) is 69.3 Å². The van der Waals surface area contributed by atoms with Crippen LogP contribution in [0, 0.1) is 18.2 Å². The van der Waals surface area contributed by atoms with Crippen LogP contribution in [-0.2, 0) is 17.6 Å². The molecule has 5 nitrogen and oxygen atoms in total. The average Bonchev–Trinajstić information content (AvgIpc) is 2.70. The van der Waals surface area contributed by atoms with Gasteiger partial charge in [-0.3, -0.25) is 0 Å². The third-order valence-corrected chi connectivity index (χ3v) is 3.71. The zero-order chi connectivity index (χ0) is 23.3. The van der Waals surface area contributed by atoms with Gasteiger partial charge in [0.25, 0.3) is 0 Å². The maximum absolute atomic E-state index is 14.1. The Bertz CT molecular complexity index is 844. The Hall–Kier alpha value is -1.14. The molecule has 0 fully saturated rings. The van der Waals surface area contributed by atoms with Crippen molar-refractivity contribution < 1.29 is 78.9 Å². The number of hydrogen-bond acceptors (Lipinski definition) is 4. The fraction of sp³-hybridized carbons (Fsp3) is 0.333. The molecule has 0 spiro atoms. The predicted octanol–water partition coefficient (Wildman–Crippen LogP) is 2.32. The summed E-state index contributed by atoms with van der Waals surface area (Å²) in [4.78, 5) is 5.18. The van der Waals surface area contributed by atoms with Crippen molar-refractivity contribution in [2.75, 3.05) is 21.2 Å². The Morgan fingerprint density at radius 1 is 1.16 bits per heavy atom. The van der Waals surface area contributed by atoms with Crippen LogP contribution in [-0.4, -0.2) is 38.2 Å². The van der Waals surface area contributed by atoms with Gasteiger partial charge in [-0.2, -0.15) is 27.3 Å². The third kappa shape index (κ3) is 10.3. The van der Waals surface area contributed by atoms with Crippen LogP contribution >= 0.6 is 0 Å². The molecule has 0 saturated heterocycles. The topological polar surface area (TPSA) is 79.8 Å². The molecule has 0 radical (unpaired) electrons. The molecule has 0 bridgehead atoms. The van der Waals surface area contributed by atoms with Crippen LogP contribution in [0.5, 0.6) is 0 Å². The van der Waals surface area contributed by atoms with Crippen LogP contribution in [0.3, 0.4) is 0 Å². The van der Waals surface area contributed by atoms with E-state index < -0.39 is 17.6 Å². The van der Waals surface area contributed by atoms with E-state index in [0.717, 1.165) is 24.3 Å². The Labute approximate surface area is 222 Å². The van der Waals surface area contributed by atoms with Crippen molar-refractivity contribution in [3.8, 4) is 0 Å². The molecule has 0 saturated carbocycles. The van der Waals surface area contributed by atoms with Gasteiger partial charge in [0.05, 0.1) is 11.3 Å². The van der Waals surface area contributed by atoms with Crippen molar-refractivity contribution in [3.63, 3.8) is 0 Å². The summed E-state index contributed by atoms with van der Waals surface area (Å²) in [6.07, 6.45) is -3.60. The molecular weight excluding hydrogens is 441 g/mol. The van der Waals surface area contributed by atoms with Gasteiger partial charge < -0.3 is 20.7 Å². The van der Waals surface area contributed by atoms with Crippen molar-refractivity contribution in [2.45, 2.75) is 26.6 Å². The Morgan fingerprint density at radius 3 is 2.23 bits per heavy atom. The van der Waals surface area contributed by atoms with Crippen LogP contribution in [0.4, 0.5) is 17.6 Å². The zero-order valence-electron chi connectivity index (χ0n) is 18.5. The molecule has 2 aromatic rings. The van der Waals surface area contributed by atoms with Crippen LogP contribution in [0.2, 0.25) is 0 Å². The molecule has 0 heterocycles. The van der Waals surface area contributed by atoms with Crippen molar-refractivity contribution in [1.29, 1.82) is 5.41 Å². The van der Waals surface area contributed by atoms with Crippen molar-refractivity contribution in [1.82, 2.24) is 0 Å². The number of nitrogens with one attached hydrogen (secondary N) is 1. The number of hydrogen-bond donors (Lipinski definition) is 2. The van der Waals surface area contributed by atoms with Crippen LogP contribution in [0.25, 0.3) is 5.32 Å². The van der Waals surface area contributed by atoms with Gasteiger partial charge in [-0.05, 0) is 31.0 Å². The third-order valence-electron chi connectivity index (χ3n) is 3.71. The minimum atomic E-state index is -4.78. The molecule has 0 aromatic heterocycles. The Kier molecular flexibility index (Phi) is 17.0. The van der Waals surface area contributed by atoms with Crippen LogP contribution in [0.1, 0.15) is 34.7 Å². The van der Waals surface area contributed by atoms with Gasteiger partial charge in [-0.25, -0.2) is 4.39 Å². The van der Waals surface area contributed by atoms with Crippen molar-refractivity contribution >= 4 is 11.9 Å². The number of alkyl halides is 3. The largest absolute Gasteiger partial charge is 1.00 e. The first-order valence-corrected chi connectivity index (χ1v) is 8.71. The molecule has 2 N–H and O–H groups in total. The number of oxime groups is 1. The van der Waals surface area contributed by atoms with Gasteiger partial charge in [0, 0.05) is 24.5 Å². The fourth-order valence-electron chi connectivity index (χ4n) is 2.33. The molecule has 2 rings (SSSR count). The van der Waals surface area contributed by atoms with E-state index in [4.69, 9.17) is 15.4 Å². The molecule has 0 atom stereocenters. The monoisotopic (exact) mass is 467 g/mol. The number of halogens is 4. The second-order valence-electron chi connectivity index (χ2n) is 5.85. The maximum Gasteiger partial charge on any atom is 1.00 e. The summed E-state index contributed by atoms with van der Waals surface area (Å²) in [6, 6.07) is 8.39. The average molecular weight is 468 g/mol. The standard InChI is InChI=1S/C18H16F4N2O.C2H6N.CH4O.K/c1-11-5-3-6-13(9-23)15(11)10-25-24-12(2)14-7-4-8-16(17(14)19)18(20,21)22;1-3-2;1-2;/h3-9,23H,10H2,1-2H3;1-2H3;2H,1H3;/q;-1;;+1/b23-9?,24-12+;;;. The Balaban J connectivity index is 0. The quantitative estimate of drug-likeness (QED) is 0.306. The number of aliphatic hydroxyl groups is 1. The van der Waals surface area contributed by atoms with Crippen molar-refractivity contribution in [2.24, 2.45) is 5.16 Å². The van der Waals surface area contributed by atoms with Gasteiger partial charge in [0.15, 0.2) is 0 Å². The molecule has 2 aromatic carbocycles. The summed E-state index contributed by atoms with van der Waals surface area (Å²) in [6.45, 7) is 3.23. The minimum absolute atomic E-state index is 0. The fourth-order valence-corrected chi connectivity index (χ4v) is 2.33. The maximum atomic E-state index is 14.1. The summed E-state index contributed by atoms with van der Waals surface area (Å²) in [5.41, 5.74) is 0.654. The van der Waals surface area contributed by atoms with E-state index in [1.165, 1.54) is 19.2 Å². The van der Waals surface area contributed by atoms with E-state index in [1.54, 1.807) is 26.2 Å². The van der Waals surface area contributed by atoms with E-state index in [0.29, 0.717) is 11.6 Å². The number of nitrogens with zero attached hydrogens (tertiary/aromatic N) is 2. The zero-order valence-corrected chi connectivity index (χ0v) is 21.6. The van der Waals surface area contributed by atoms with Gasteiger partial charge in [0.2, 0.25) is 0 Å². The minimum Gasteiger partial charge on any atom is -0.668 e. The number of aliphatic hydroxyl groups excluding tert-OH is 1. The summed E-state index contributed by atoms with van der Waals surface area (Å²) in [7, 11) is 4.50. The van der Waals surface area contributed by atoms with Crippen LogP contribution in [0.15, 0.2) is 41.6 Å². The molecule has 31 heavy (non-hydrogen) atoms. The summed E-state index contributed by atoms with van der Waals surface area (Å²) >= 11 is 0. The van der Waals surface area contributed by atoms with E-state index >= 15 is 0 Å². The van der Waals surface area contributed by atoms with E-state index in [1.807, 2.05) is 13.0 Å². The second kappa shape index (κ2) is 16.5. The SMILES string of the molecule is C/C(=N\OCc1c(C)cccc1C=N)c1cccc(C(F)(F)F)c1F.CO.C[N-]C.[K+]. The normalized spacial score (nSPS) is 10.6. The molecule has 0 aliphatic carbocycles. The summed E-state index contributed by atoms with van der Waals surface area (Å²) in [5, 5.41) is 21.6. The summed E-state index contributed by atoms with van der Waals surface area (Å²) in [5.74, 6) is -1.38. The first-order valence-electron chi connectivity index (χ1n) is 8.71. The smallest absolute Gasteiger partial charge is 0.668 e. The first kappa shape index (κ1) is 32.0. The van der Waals surface area contributed by atoms with Gasteiger partial charge in [-0.1, -0.05) is 35.5 Å². The van der Waals surface area contributed by atoms with E-state index in [2.05, 4.69) is 10.5 Å². The summed E-state index contributed by atoms with van der Waals surface area (Å²) < 4.78 is 52.3. The molecule has 10 heteroatoms. The van der Waals surface area contributed by atoms with Gasteiger partial charge >= 0.3 is 57.6 Å². The molecule has 166 valence electrons. The molecule has 0 aliphatic rings. The second-order valence-corrected chi connectivity index (χ2v) is 5.85. The van der Waals surface area contributed by atoms with E-state index in [9.17, 15) is 17.6 Å². The Morgan fingerprint density at radius 2 is 1.71 bits per heavy atom. The number of benzene rings is 2. The first-order chi connectivity index (χ1) is 14.2. The number of aryl methyl sites for hydroxylation is 1. The molecule has 0 unspecified atom stereocenters.